The number of anilines is 2. The summed E-state index contributed by atoms with van der Waals surface area (Å²) < 4.78 is 0. The van der Waals surface area contributed by atoms with Gasteiger partial charge in [-0.25, -0.2) is 4.98 Å². The zero-order valence-electron chi connectivity index (χ0n) is 17.3. The fraction of sp³-hybridized carbons (Fsp3) is 0.333. The average molecular weight is 417 g/mol. The molecule has 0 aliphatic heterocycles. The van der Waals surface area contributed by atoms with E-state index in [9.17, 15) is 4.79 Å². The number of likely N-dealkylation sites (N-methyl/N-ethyl adjacent to an activating group) is 1. The van der Waals surface area contributed by atoms with Gasteiger partial charge in [-0.3, -0.25) is 4.79 Å². The smallest absolute Gasteiger partial charge is 0.256 e. The molecular formula is C21H29ClN6O. The first-order valence-corrected chi connectivity index (χ1v) is 9.61. The normalized spacial score (nSPS) is 10.9. The maximum absolute atomic E-state index is 12.9. The van der Waals surface area contributed by atoms with Gasteiger partial charge in [0.1, 0.15) is 5.82 Å². The van der Waals surface area contributed by atoms with Crippen molar-refractivity contribution in [1.29, 1.82) is 10.8 Å². The van der Waals surface area contributed by atoms with Crippen molar-refractivity contribution in [3.63, 3.8) is 0 Å². The van der Waals surface area contributed by atoms with Crippen LogP contribution in [0.4, 0.5) is 11.5 Å². The Labute approximate surface area is 177 Å². The van der Waals surface area contributed by atoms with Gasteiger partial charge >= 0.3 is 0 Å². The maximum Gasteiger partial charge on any atom is 0.256 e. The third-order valence-corrected chi connectivity index (χ3v) is 4.79. The quantitative estimate of drug-likeness (QED) is 0.399. The molecular weight excluding hydrogens is 388 g/mol. The lowest BCUT2D eigenvalue weighted by atomic mass is 10.0. The van der Waals surface area contributed by atoms with E-state index in [4.69, 9.17) is 28.2 Å². The summed E-state index contributed by atoms with van der Waals surface area (Å²) in [7, 11) is 1.81. The molecule has 8 heteroatoms. The molecule has 1 unspecified atom stereocenters. The Bertz CT molecular complexity index is 832. The zero-order valence-corrected chi connectivity index (χ0v) is 18.0. The molecule has 0 spiro atoms. The Morgan fingerprint density at radius 2 is 1.90 bits per heavy atom. The van der Waals surface area contributed by atoms with E-state index in [-0.39, 0.29) is 11.9 Å². The van der Waals surface area contributed by atoms with Crippen LogP contribution in [0.5, 0.6) is 0 Å². The van der Waals surface area contributed by atoms with Crippen molar-refractivity contribution < 1.29 is 4.79 Å². The van der Waals surface area contributed by atoms with Crippen LogP contribution in [0.1, 0.15) is 34.8 Å². The minimum atomic E-state index is -0.0710. The summed E-state index contributed by atoms with van der Waals surface area (Å²) >= 11 is 5.85. The highest BCUT2D eigenvalue weighted by Crippen LogP contribution is 2.21. The number of halogens is 1. The lowest BCUT2D eigenvalue weighted by Gasteiger charge is -2.28. The van der Waals surface area contributed by atoms with E-state index in [0.29, 0.717) is 22.8 Å². The highest BCUT2D eigenvalue weighted by atomic mass is 35.5. The lowest BCUT2D eigenvalue weighted by Crippen LogP contribution is -2.41. The van der Waals surface area contributed by atoms with Gasteiger partial charge in [0.25, 0.3) is 5.91 Å². The van der Waals surface area contributed by atoms with Crippen molar-refractivity contribution in [2.75, 3.05) is 24.6 Å². The number of nitrogens with two attached hydrogens (primary N) is 1. The molecule has 0 saturated carbocycles. The number of aryl methyl sites for hydroxylation is 2. The number of rotatable bonds is 7. The molecule has 7 nitrogen and oxygen atoms in total. The topological polar surface area (TPSA) is 119 Å². The predicted molar refractivity (Wildman–Crippen MR) is 122 cm³/mol. The molecule has 2 rings (SSSR count). The third-order valence-electron chi connectivity index (χ3n) is 4.57. The van der Waals surface area contributed by atoms with Crippen LogP contribution in [0.3, 0.4) is 0 Å². The van der Waals surface area contributed by atoms with Gasteiger partial charge < -0.3 is 26.8 Å². The molecule has 1 amide bonds. The number of nitrogens with one attached hydrogen (secondary N) is 3. The van der Waals surface area contributed by atoms with E-state index in [2.05, 4.69) is 17.2 Å². The number of hydrogen-bond donors (Lipinski definition) is 4. The number of carbonyl (C=O) groups excluding carboxylic acids is 1. The minimum Gasteiger partial charge on any atom is -0.398 e. The molecule has 0 fully saturated rings. The van der Waals surface area contributed by atoms with Crippen molar-refractivity contribution in [2.24, 2.45) is 0 Å². The van der Waals surface area contributed by atoms with Gasteiger partial charge in [0.05, 0.1) is 10.6 Å². The number of hydrogen-bond acceptors (Lipinski definition) is 6. The van der Waals surface area contributed by atoms with E-state index >= 15 is 0 Å². The molecule has 0 aliphatic rings. The second-order valence-corrected chi connectivity index (χ2v) is 7.01. The first-order chi connectivity index (χ1) is 13.7. The van der Waals surface area contributed by atoms with Crippen molar-refractivity contribution in [3.8, 4) is 0 Å². The van der Waals surface area contributed by atoms with E-state index in [1.165, 1.54) is 0 Å². The second-order valence-electron chi connectivity index (χ2n) is 6.58. The van der Waals surface area contributed by atoms with Crippen LogP contribution in [-0.2, 0) is 0 Å². The summed E-state index contributed by atoms with van der Waals surface area (Å²) in [5.41, 5.74) is 9.27. The Morgan fingerprint density at radius 3 is 2.41 bits per heavy atom. The van der Waals surface area contributed by atoms with Crippen LogP contribution in [0.2, 0.25) is 5.02 Å². The number of nitrogen functional groups attached to an aromatic ring is 1. The van der Waals surface area contributed by atoms with Gasteiger partial charge in [0, 0.05) is 43.9 Å². The van der Waals surface area contributed by atoms with E-state index < -0.39 is 0 Å². The Kier molecular flexibility index (Phi) is 9.82. The summed E-state index contributed by atoms with van der Waals surface area (Å²) in [6, 6.07) is 7.34. The first-order valence-electron chi connectivity index (χ1n) is 9.23. The van der Waals surface area contributed by atoms with Crippen molar-refractivity contribution in [3.05, 3.63) is 52.2 Å². The van der Waals surface area contributed by atoms with Crippen molar-refractivity contribution in [1.82, 2.24) is 9.88 Å². The average Bonchev–Trinajstić information content (AvgIpc) is 2.72. The number of nitrogens with zero attached hydrogens (tertiary/aromatic N) is 2. The molecule has 2 aromatic rings. The highest BCUT2D eigenvalue weighted by molar-refractivity contribution is 6.30. The Morgan fingerprint density at radius 1 is 1.28 bits per heavy atom. The van der Waals surface area contributed by atoms with Crippen LogP contribution in [-0.4, -0.2) is 47.9 Å². The van der Waals surface area contributed by atoms with E-state index in [1.54, 1.807) is 17.2 Å². The number of amides is 1. The molecule has 0 aliphatic carbocycles. The third kappa shape index (κ3) is 7.19. The van der Waals surface area contributed by atoms with Gasteiger partial charge in [-0.1, -0.05) is 18.5 Å². The van der Waals surface area contributed by atoms with Crippen LogP contribution in [0, 0.1) is 24.7 Å². The number of aromatic nitrogens is 1. The summed E-state index contributed by atoms with van der Waals surface area (Å²) in [5, 5.41) is 16.0. The van der Waals surface area contributed by atoms with Crippen LogP contribution in [0.25, 0.3) is 0 Å². The fourth-order valence-electron chi connectivity index (χ4n) is 2.64. The largest absolute Gasteiger partial charge is 0.398 e. The molecule has 0 saturated heterocycles. The van der Waals surface area contributed by atoms with Gasteiger partial charge in [0.2, 0.25) is 0 Å². The molecule has 1 aromatic carbocycles. The highest BCUT2D eigenvalue weighted by Gasteiger charge is 2.22. The zero-order chi connectivity index (χ0) is 22.0. The predicted octanol–water partition coefficient (Wildman–Crippen LogP) is 4.18. The fourth-order valence-corrected chi connectivity index (χ4v) is 2.75. The monoisotopic (exact) mass is 416 g/mol. The Balaban J connectivity index is 0.000000960. The Hall–Kier alpha value is -2.93. The maximum atomic E-state index is 12.9. The molecule has 156 valence electrons. The molecule has 29 heavy (non-hydrogen) atoms. The van der Waals surface area contributed by atoms with Crippen LogP contribution >= 0.6 is 11.6 Å². The van der Waals surface area contributed by atoms with Crippen molar-refractivity contribution in [2.45, 2.75) is 33.2 Å². The van der Waals surface area contributed by atoms with Gasteiger partial charge in [0.15, 0.2) is 0 Å². The number of benzene rings is 1. The second kappa shape index (κ2) is 11.8. The van der Waals surface area contributed by atoms with Gasteiger partial charge in [-0.2, -0.15) is 0 Å². The SMILES string of the molecule is CCC(CNc1ccc(Cl)cn1)N(C)C(=O)c1cc(C)c(C)cc1N.N=CC=N. The number of carbonyl (C=O) groups is 1. The van der Waals surface area contributed by atoms with Crippen molar-refractivity contribution >= 4 is 41.4 Å². The molecule has 0 bridgehead atoms. The van der Waals surface area contributed by atoms with Crippen LogP contribution < -0.4 is 11.1 Å². The molecule has 0 radical (unpaired) electrons. The lowest BCUT2D eigenvalue weighted by molar-refractivity contribution is 0.0737. The van der Waals surface area contributed by atoms with E-state index in [1.807, 2.05) is 39.1 Å². The summed E-state index contributed by atoms with van der Waals surface area (Å²) in [5.74, 6) is 0.660. The molecule has 5 N–H and O–H groups in total. The number of pyridine rings is 1. The van der Waals surface area contributed by atoms with Gasteiger partial charge in [-0.05, 0) is 55.7 Å². The van der Waals surface area contributed by atoms with E-state index in [0.717, 1.165) is 35.8 Å². The van der Waals surface area contributed by atoms with Gasteiger partial charge in [-0.15, -0.1) is 0 Å². The molecule has 1 aromatic heterocycles. The molecule has 1 heterocycles. The summed E-state index contributed by atoms with van der Waals surface area (Å²) in [6.45, 7) is 6.62. The first kappa shape index (κ1) is 24.1. The standard InChI is InChI=1S/C19H25ClN4O.C2H4N2/c1-5-15(11-23-18-7-6-14(20)10-22-18)24(4)19(25)16-8-12(2)13(3)9-17(16)21;3-1-2-4/h6-10,15H,5,11,21H2,1-4H3,(H,22,23);1-4H. The summed E-state index contributed by atoms with van der Waals surface area (Å²) in [4.78, 5) is 18.8. The summed E-state index contributed by atoms with van der Waals surface area (Å²) in [6.07, 6.45) is 4.24. The van der Waals surface area contributed by atoms with Crippen LogP contribution in [0.15, 0.2) is 30.5 Å². The minimum absolute atomic E-state index is 0.0194. The molecule has 1 atom stereocenters.